The van der Waals surface area contributed by atoms with E-state index in [-0.39, 0.29) is 5.88 Å². The van der Waals surface area contributed by atoms with Crippen molar-refractivity contribution < 1.29 is 9.13 Å². The second-order valence-corrected chi connectivity index (χ2v) is 4.32. The van der Waals surface area contributed by atoms with Gasteiger partial charge in [-0.3, -0.25) is 0 Å². The molecular weight excluding hydrogens is 221 g/mol. The monoisotopic (exact) mass is 239 g/mol. The Hall–Kier alpha value is -1.23. The Bertz CT molecular complexity index is 367. The van der Waals surface area contributed by atoms with Crippen molar-refractivity contribution in [3.63, 3.8) is 0 Å². The number of aryl methyl sites for hydroxylation is 1. The van der Waals surface area contributed by atoms with Crippen LogP contribution in [0.2, 0.25) is 0 Å². The second kappa shape index (κ2) is 5.91. The Kier molecular flexibility index (Phi) is 4.25. The molecule has 0 radical (unpaired) electrons. The number of piperidine rings is 1. The summed E-state index contributed by atoms with van der Waals surface area (Å²) in [6.45, 7) is 4.38. The van der Waals surface area contributed by atoms with Crippen LogP contribution in [-0.2, 0) is 6.42 Å². The zero-order chi connectivity index (χ0) is 12.1. The van der Waals surface area contributed by atoms with E-state index in [0.29, 0.717) is 24.6 Å². The molecule has 1 fully saturated rings. The van der Waals surface area contributed by atoms with E-state index in [4.69, 9.17) is 4.74 Å². The summed E-state index contributed by atoms with van der Waals surface area (Å²) in [5.74, 6) is 0.115. The molecule has 1 aliphatic heterocycles. The zero-order valence-electron chi connectivity index (χ0n) is 10.1. The van der Waals surface area contributed by atoms with Crippen molar-refractivity contribution in [2.75, 3.05) is 19.7 Å². The fraction of sp³-hybridized carbons (Fsp3) is 0.667. The van der Waals surface area contributed by atoms with Crippen LogP contribution in [-0.4, -0.2) is 29.7 Å². The summed E-state index contributed by atoms with van der Waals surface area (Å²) in [6, 6.07) is 0. The number of hydrogen-bond donors (Lipinski definition) is 1. The average molecular weight is 239 g/mol. The molecule has 0 saturated carbocycles. The Morgan fingerprint density at radius 3 is 3.12 bits per heavy atom. The standard InChI is InChI=1S/C12H18FN3O/c1-2-10-11(13)12(16-8-15-10)17-7-9-4-3-5-14-6-9/h8-9,14H,2-7H2,1H3. The van der Waals surface area contributed by atoms with E-state index >= 15 is 0 Å². The zero-order valence-corrected chi connectivity index (χ0v) is 10.1. The van der Waals surface area contributed by atoms with Crippen LogP contribution in [0.5, 0.6) is 5.88 Å². The van der Waals surface area contributed by atoms with E-state index in [1.54, 1.807) is 0 Å². The van der Waals surface area contributed by atoms with Crippen LogP contribution in [0, 0.1) is 11.7 Å². The number of nitrogens with zero attached hydrogens (tertiary/aromatic N) is 2. The van der Waals surface area contributed by atoms with Gasteiger partial charge in [-0.15, -0.1) is 0 Å². The number of halogens is 1. The van der Waals surface area contributed by atoms with Gasteiger partial charge in [0.05, 0.1) is 12.3 Å². The average Bonchev–Trinajstić information content (AvgIpc) is 2.39. The molecule has 0 amide bonds. The lowest BCUT2D eigenvalue weighted by Gasteiger charge is -2.22. The number of nitrogens with one attached hydrogen (secondary N) is 1. The summed E-state index contributed by atoms with van der Waals surface area (Å²) in [5, 5.41) is 3.30. The lowest BCUT2D eigenvalue weighted by atomic mass is 10.0. The van der Waals surface area contributed by atoms with Gasteiger partial charge in [-0.2, -0.15) is 9.37 Å². The predicted octanol–water partition coefficient (Wildman–Crippen LogP) is 1.56. The first-order chi connectivity index (χ1) is 8.31. The van der Waals surface area contributed by atoms with E-state index in [2.05, 4.69) is 15.3 Å². The predicted molar refractivity (Wildman–Crippen MR) is 62.5 cm³/mol. The molecule has 0 bridgehead atoms. The Morgan fingerprint density at radius 1 is 1.53 bits per heavy atom. The maximum atomic E-state index is 13.8. The number of hydrogen-bond acceptors (Lipinski definition) is 4. The third-order valence-corrected chi connectivity index (χ3v) is 3.02. The normalized spacial score (nSPS) is 20.2. The fourth-order valence-corrected chi connectivity index (χ4v) is 2.00. The van der Waals surface area contributed by atoms with Gasteiger partial charge in [-0.05, 0) is 25.8 Å². The van der Waals surface area contributed by atoms with Gasteiger partial charge in [0.1, 0.15) is 6.33 Å². The maximum absolute atomic E-state index is 13.8. The molecule has 1 unspecified atom stereocenters. The second-order valence-electron chi connectivity index (χ2n) is 4.32. The van der Waals surface area contributed by atoms with Crippen molar-refractivity contribution in [1.29, 1.82) is 0 Å². The van der Waals surface area contributed by atoms with E-state index in [1.807, 2.05) is 6.92 Å². The smallest absolute Gasteiger partial charge is 0.253 e. The highest BCUT2D eigenvalue weighted by Gasteiger charge is 2.16. The lowest BCUT2D eigenvalue weighted by molar-refractivity contribution is 0.203. The molecular formula is C12H18FN3O. The van der Waals surface area contributed by atoms with Crippen molar-refractivity contribution in [2.45, 2.75) is 26.2 Å². The summed E-state index contributed by atoms with van der Waals surface area (Å²) < 4.78 is 19.2. The summed E-state index contributed by atoms with van der Waals surface area (Å²) >= 11 is 0. The van der Waals surface area contributed by atoms with Gasteiger partial charge in [0.15, 0.2) is 0 Å². The van der Waals surface area contributed by atoms with Crippen molar-refractivity contribution in [1.82, 2.24) is 15.3 Å². The summed E-state index contributed by atoms with van der Waals surface area (Å²) in [5.41, 5.74) is 0.414. The van der Waals surface area contributed by atoms with Gasteiger partial charge < -0.3 is 10.1 Å². The van der Waals surface area contributed by atoms with Gasteiger partial charge in [-0.25, -0.2) is 4.98 Å². The number of rotatable bonds is 4. The molecule has 5 heteroatoms. The highest BCUT2D eigenvalue weighted by Crippen LogP contribution is 2.18. The molecule has 2 heterocycles. The van der Waals surface area contributed by atoms with Crippen LogP contribution in [0.1, 0.15) is 25.5 Å². The van der Waals surface area contributed by atoms with E-state index in [0.717, 1.165) is 25.9 Å². The number of ether oxygens (including phenoxy) is 1. The van der Waals surface area contributed by atoms with Crippen LogP contribution >= 0.6 is 0 Å². The molecule has 1 aromatic rings. The van der Waals surface area contributed by atoms with E-state index in [1.165, 1.54) is 6.33 Å². The first-order valence-corrected chi connectivity index (χ1v) is 6.14. The third-order valence-electron chi connectivity index (χ3n) is 3.02. The molecule has 0 aliphatic carbocycles. The molecule has 1 atom stereocenters. The molecule has 2 rings (SSSR count). The first-order valence-electron chi connectivity index (χ1n) is 6.14. The molecule has 0 spiro atoms. The van der Waals surface area contributed by atoms with Crippen molar-refractivity contribution >= 4 is 0 Å². The quantitative estimate of drug-likeness (QED) is 0.866. The summed E-state index contributed by atoms with van der Waals surface area (Å²) in [7, 11) is 0. The van der Waals surface area contributed by atoms with Crippen molar-refractivity contribution in [3.8, 4) is 5.88 Å². The molecule has 0 aromatic carbocycles. The van der Waals surface area contributed by atoms with E-state index in [9.17, 15) is 4.39 Å². The summed E-state index contributed by atoms with van der Waals surface area (Å²) in [4.78, 5) is 7.72. The highest BCUT2D eigenvalue weighted by atomic mass is 19.1. The van der Waals surface area contributed by atoms with Gasteiger partial charge in [0.25, 0.3) is 5.88 Å². The maximum Gasteiger partial charge on any atom is 0.253 e. The van der Waals surface area contributed by atoms with E-state index < -0.39 is 5.82 Å². The van der Waals surface area contributed by atoms with Crippen LogP contribution in [0.15, 0.2) is 6.33 Å². The Labute approximate surface area is 101 Å². The van der Waals surface area contributed by atoms with Crippen molar-refractivity contribution in [3.05, 3.63) is 17.8 Å². The van der Waals surface area contributed by atoms with Crippen molar-refractivity contribution in [2.24, 2.45) is 5.92 Å². The number of aromatic nitrogens is 2. The van der Waals surface area contributed by atoms with Gasteiger partial charge in [-0.1, -0.05) is 6.92 Å². The molecule has 94 valence electrons. The van der Waals surface area contributed by atoms with Crippen LogP contribution < -0.4 is 10.1 Å². The fourth-order valence-electron chi connectivity index (χ4n) is 2.00. The van der Waals surface area contributed by atoms with Gasteiger partial charge in [0.2, 0.25) is 5.82 Å². The SMILES string of the molecule is CCc1ncnc(OCC2CCCNC2)c1F. The lowest BCUT2D eigenvalue weighted by Crippen LogP contribution is -2.33. The summed E-state index contributed by atoms with van der Waals surface area (Å²) in [6.07, 6.45) is 4.19. The molecule has 1 saturated heterocycles. The molecule has 4 nitrogen and oxygen atoms in total. The molecule has 1 N–H and O–H groups in total. The highest BCUT2D eigenvalue weighted by molar-refractivity contribution is 5.17. The van der Waals surface area contributed by atoms with Crippen LogP contribution in [0.25, 0.3) is 0 Å². The van der Waals surface area contributed by atoms with Crippen LogP contribution in [0.3, 0.4) is 0 Å². The Morgan fingerprint density at radius 2 is 2.41 bits per heavy atom. The minimum atomic E-state index is -0.418. The molecule has 1 aromatic heterocycles. The Balaban J connectivity index is 1.93. The van der Waals surface area contributed by atoms with Crippen LogP contribution in [0.4, 0.5) is 4.39 Å². The largest absolute Gasteiger partial charge is 0.475 e. The minimum Gasteiger partial charge on any atom is -0.475 e. The van der Waals surface area contributed by atoms with Gasteiger partial charge >= 0.3 is 0 Å². The third kappa shape index (κ3) is 3.12. The topological polar surface area (TPSA) is 47.0 Å². The molecule has 1 aliphatic rings. The molecule has 17 heavy (non-hydrogen) atoms. The minimum absolute atomic E-state index is 0.0856. The van der Waals surface area contributed by atoms with Gasteiger partial charge in [0, 0.05) is 12.5 Å². The first kappa shape index (κ1) is 12.2.